The van der Waals surface area contributed by atoms with Crippen LogP contribution in [0.2, 0.25) is 0 Å². The Labute approximate surface area is 163 Å². The molecule has 0 radical (unpaired) electrons. The van der Waals surface area contributed by atoms with Crippen molar-refractivity contribution in [1.82, 2.24) is 16.0 Å². The van der Waals surface area contributed by atoms with E-state index in [9.17, 15) is 24.3 Å². The van der Waals surface area contributed by atoms with E-state index in [0.29, 0.717) is 0 Å². The van der Waals surface area contributed by atoms with E-state index in [-0.39, 0.29) is 5.75 Å². The zero-order chi connectivity index (χ0) is 21.4. The van der Waals surface area contributed by atoms with Gasteiger partial charge in [-0.1, -0.05) is 20.8 Å². The van der Waals surface area contributed by atoms with Crippen LogP contribution in [0.4, 0.5) is 0 Å². The van der Waals surface area contributed by atoms with Gasteiger partial charge in [0.25, 0.3) is 0 Å². The molecule has 10 nitrogen and oxygen atoms in total. The van der Waals surface area contributed by atoms with Gasteiger partial charge in [0, 0.05) is 5.75 Å². The Bertz CT molecular complexity index is 550. The average molecular weight is 407 g/mol. The third-order valence-electron chi connectivity index (χ3n) is 3.55. The number of aliphatic hydroxyl groups is 1. The molecule has 0 heterocycles. The number of rotatable bonds is 11. The Morgan fingerprint density at radius 3 is 2.00 bits per heavy atom. The van der Waals surface area contributed by atoms with Crippen LogP contribution < -0.4 is 21.7 Å². The lowest BCUT2D eigenvalue weighted by Crippen LogP contribution is -2.60. The van der Waals surface area contributed by atoms with E-state index in [0.717, 1.165) is 0 Å². The number of carboxylic acid groups (broad SMARTS) is 1. The van der Waals surface area contributed by atoms with Crippen LogP contribution in [-0.4, -0.2) is 70.3 Å². The number of carboxylic acids is 1. The molecule has 0 aromatic carbocycles. The summed E-state index contributed by atoms with van der Waals surface area (Å²) in [4.78, 5) is 47.6. The first-order chi connectivity index (χ1) is 12.3. The molecule has 0 fully saturated rings. The van der Waals surface area contributed by atoms with Crippen LogP contribution in [0, 0.1) is 5.41 Å². The van der Waals surface area contributed by atoms with Crippen LogP contribution >= 0.6 is 11.8 Å². The maximum absolute atomic E-state index is 12.7. The number of nitrogens with one attached hydrogen (secondary N) is 3. The van der Waals surface area contributed by atoms with Gasteiger partial charge in [-0.05, 0) is 18.6 Å². The Morgan fingerprint density at radius 2 is 1.63 bits per heavy atom. The summed E-state index contributed by atoms with van der Waals surface area (Å²) < 4.78 is 0. The highest BCUT2D eigenvalue weighted by Crippen LogP contribution is 2.20. The van der Waals surface area contributed by atoms with Crippen LogP contribution in [0.15, 0.2) is 0 Å². The molecular formula is C16H30N4O6S. The molecule has 156 valence electrons. The van der Waals surface area contributed by atoms with E-state index in [2.05, 4.69) is 16.0 Å². The molecular weight excluding hydrogens is 376 g/mol. The van der Waals surface area contributed by atoms with Gasteiger partial charge in [0.05, 0.1) is 12.5 Å². The highest BCUT2D eigenvalue weighted by Gasteiger charge is 2.36. The fourth-order valence-corrected chi connectivity index (χ4v) is 2.81. The van der Waals surface area contributed by atoms with Gasteiger partial charge in [0.2, 0.25) is 17.7 Å². The Hall–Kier alpha value is -1.85. The first-order valence-electron chi connectivity index (χ1n) is 8.34. The Balaban J connectivity index is 5.39. The summed E-state index contributed by atoms with van der Waals surface area (Å²) in [5, 5.41) is 25.8. The predicted octanol–water partition coefficient (Wildman–Crippen LogP) is -1.38. The lowest BCUT2D eigenvalue weighted by molar-refractivity contribution is -0.141. The molecule has 11 heteroatoms. The van der Waals surface area contributed by atoms with Crippen molar-refractivity contribution in [2.45, 2.75) is 58.5 Å². The molecule has 7 N–H and O–H groups in total. The molecule has 0 spiro atoms. The largest absolute Gasteiger partial charge is 0.481 e. The Morgan fingerprint density at radius 1 is 1.07 bits per heavy atom. The lowest BCUT2D eigenvalue weighted by Gasteiger charge is -2.32. The minimum atomic E-state index is -1.24. The molecule has 0 saturated heterocycles. The number of amides is 3. The second kappa shape index (κ2) is 11.1. The van der Waals surface area contributed by atoms with Crippen LogP contribution in [0.5, 0.6) is 0 Å². The maximum Gasteiger partial charge on any atom is 0.305 e. The van der Waals surface area contributed by atoms with Crippen molar-refractivity contribution in [1.29, 1.82) is 0 Å². The second-order valence-corrected chi connectivity index (χ2v) is 8.13. The second-order valence-electron chi connectivity index (χ2n) is 7.22. The summed E-state index contributed by atoms with van der Waals surface area (Å²) in [5.74, 6) is -3.03. The molecule has 4 unspecified atom stereocenters. The SMILES string of the molecule is CSCC(NC(=O)C(NC(=O)C(CC(=O)O)NC(C)O)C(C)(C)C)C(N)=O. The average Bonchev–Trinajstić information content (AvgIpc) is 2.48. The van der Waals surface area contributed by atoms with Gasteiger partial charge < -0.3 is 26.6 Å². The van der Waals surface area contributed by atoms with Crippen LogP contribution in [0.3, 0.4) is 0 Å². The molecule has 0 aromatic rings. The van der Waals surface area contributed by atoms with Gasteiger partial charge >= 0.3 is 5.97 Å². The normalized spacial score (nSPS) is 15.9. The number of hydrogen-bond acceptors (Lipinski definition) is 7. The fourth-order valence-electron chi connectivity index (χ4n) is 2.23. The number of nitrogens with two attached hydrogens (primary N) is 1. The molecule has 0 aliphatic heterocycles. The van der Waals surface area contributed by atoms with Gasteiger partial charge in [0.15, 0.2) is 0 Å². The molecule has 0 rings (SSSR count). The minimum absolute atomic E-state index is 0.275. The summed E-state index contributed by atoms with van der Waals surface area (Å²) in [7, 11) is 0. The third-order valence-corrected chi connectivity index (χ3v) is 4.21. The van der Waals surface area contributed by atoms with Crippen molar-refractivity contribution in [3.63, 3.8) is 0 Å². The zero-order valence-electron chi connectivity index (χ0n) is 16.2. The molecule has 0 saturated carbocycles. The van der Waals surface area contributed by atoms with Crippen molar-refractivity contribution in [2.75, 3.05) is 12.0 Å². The van der Waals surface area contributed by atoms with Crippen molar-refractivity contribution >= 4 is 35.5 Å². The molecule has 0 aliphatic carbocycles. The van der Waals surface area contributed by atoms with Crippen molar-refractivity contribution < 1.29 is 29.4 Å². The zero-order valence-corrected chi connectivity index (χ0v) is 17.1. The first-order valence-corrected chi connectivity index (χ1v) is 9.73. The third kappa shape index (κ3) is 9.59. The highest BCUT2D eigenvalue weighted by atomic mass is 32.2. The monoisotopic (exact) mass is 406 g/mol. The lowest BCUT2D eigenvalue weighted by atomic mass is 9.85. The molecule has 3 amide bonds. The highest BCUT2D eigenvalue weighted by molar-refractivity contribution is 7.98. The van der Waals surface area contributed by atoms with E-state index in [1.807, 2.05) is 0 Å². The summed E-state index contributed by atoms with van der Waals surface area (Å²) >= 11 is 1.33. The number of aliphatic carboxylic acids is 1. The summed E-state index contributed by atoms with van der Waals surface area (Å²) in [6, 6.07) is -3.20. The Kier molecular flexibility index (Phi) is 10.3. The van der Waals surface area contributed by atoms with Crippen molar-refractivity contribution in [3.8, 4) is 0 Å². The number of carbonyl (C=O) groups is 4. The van der Waals surface area contributed by atoms with Gasteiger partial charge in [-0.3, -0.25) is 24.5 Å². The van der Waals surface area contributed by atoms with Crippen molar-refractivity contribution in [2.24, 2.45) is 11.1 Å². The standard InChI is InChI=1S/C16H30N4O6S/c1-8(21)18-9(6-11(22)23)14(25)20-12(16(2,3)4)15(26)19-10(7-27-5)13(17)24/h8-10,12,18,21H,6-7H2,1-5H3,(H2,17,24)(H,19,26)(H,20,25)(H,22,23). The van der Waals surface area contributed by atoms with E-state index >= 15 is 0 Å². The number of primary amides is 1. The van der Waals surface area contributed by atoms with Crippen LogP contribution in [0.1, 0.15) is 34.1 Å². The van der Waals surface area contributed by atoms with E-state index in [1.54, 1.807) is 27.0 Å². The van der Waals surface area contributed by atoms with Gasteiger partial charge in [0.1, 0.15) is 18.3 Å². The van der Waals surface area contributed by atoms with Crippen LogP contribution in [0.25, 0.3) is 0 Å². The fraction of sp³-hybridized carbons (Fsp3) is 0.750. The molecule has 0 aliphatic rings. The van der Waals surface area contributed by atoms with Gasteiger partial charge in [-0.2, -0.15) is 11.8 Å². The molecule has 0 aromatic heterocycles. The molecule has 4 atom stereocenters. The topological polar surface area (TPSA) is 171 Å². The quantitative estimate of drug-likeness (QED) is 0.228. The van der Waals surface area contributed by atoms with E-state index < -0.39 is 59.9 Å². The first kappa shape index (κ1) is 25.1. The van der Waals surface area contributed by atoms with Gasteiger partial charge in [-0.15, -0.1) is 0 Å². The maximum atomic E-state index is 12.7. The summed E-state index contributed by atoms with van der Waals surface area (Å²) in [5.41, 5.74) is 4.55. The number of carbonyl (C=O) groups excluding carboxylic acids is 3. The summed E-state index contributed by atoms with van der Waals surface area (Å²) in [6.45, 7) is 6.47. The van der Waals surface area contributed by atoms with E-state index in [4.69, 9.17) is 10.8 Å². The number of hydrogen-bond donors (Lipinski definition) is 6. The van der Waals surface area contributed by atoms with E-state index in [1.165, 1.54) is 18.7 Å². The summed E-state index contributed by atoms with van der Waals surface area (Å²) in [6.07, 6.45) is 0.0532. The van der Waals surface area contributed by atoms with Crippen molar-refractivity contribution in [3.05, 3.63) is 0 Å². The van der Waals surface area contributed by atoms with Gasteiger partial charge in [-0.25, -0.2) is 0 Å². The number of aliphatic hydroxyl groups excluding tert-OH is 1. The molecule has 0 bridgehead atoms. The number of thioether (sulfide) groups is 1. The smallest absolute Gasteiger partial charge is 0.305 e. The van der Waals surface area contributed by atoms with Crippen LogP contribution in [-0.2, 0) is 19.2 Å². The predicted molar refractivity (Wildman–Crippen MR) is 102 cm³/mol. The molecule has 27 heavy (non-hydrogen) atoms. The minimum Gasteiger partial charge on any atom is -0.481 e.